The molecular weight excluding hydrogens is 328 g/mol. The van der Waals surface area contributed by atoms with Crippen LogP contribution in [0, 0.1) is 0 Å². The molecule has 0 spiro atoms. The number of carbonyl (C=O) groups is 2. The molecule has 0 aliphatic rings. The van der Waals surface area contributed by atoms with Crippen molar-refractivity contribution in [3.63, 3.8) is 0 Å². The molecule has 0 unspecified atom stereocenters. The second-order valence-electron chi connectivity index (χ2n) is 5.85. The van der Waals surface area contributed by atoms with Crippen LogP contribution in [0.3, 0.4) is 0 Å². The molecule has 0 radical (unpaired) electrons. The number of hydrazone groups is 1. The number of fused-ring (bicyclic) bond motifs is 1. The van der Waals surface area contributed by atoms with Gasteiger partial charge in [-0.3, -0.25) is 9.59 Å². The fourth-order valence-corrected chi connectivity index (χ4v) is 2.81. The smallest absolute Gasteiger partial charge is 0.271 e. The summed E-state index contributed by atoms with van der Waals surface area (Å²) in [7, 11) is 0. The lowest BCUT2D eigenvalue weighted by Gasteiger charge is -2.04. The maximum Gasteiger partial charge on any atom is 0.271 e. The first kappa shape index (κ1) is 17.4. The van der Waals surface area contributed by atoms with Crippen LogP contribution in [0.5, 0.6) is 0 Å². The number of hydrogen-bond acceptors (Lipinski definition) is 3. The highest BCUT2D eigenvalue weighted by Gasteiger charge is 2.07. The van der Waals surface area contributed by atoms with Crippen LogP contribution in [0.2, 0.25) is 0 Å². The molecule has 3 rings (SSSR count). The first-order valence-electron chi connectivity index (χ1n) is 8.37. The Labute approximate surface area is 151 Å². The SMILES string of the molecule is CCn1cc(/C=N\NC(=O)c2cccc(NC(C)=O)c2)c2ccccc21. The van der Waals surface area contributed by atoms with E-state index in [-0.39, 0.29) is 11.8 Å². The highest BCUT2D eigenvalue weighted by atomic mass is 16.2. The third kappa shape index (κ3) is 3.80. The average Bonchev–Trinajstić information content (AvgIpc) is 2.99. The number of anilines is 1. The van der Waals surface area contributed by atoms with E-state index in [4.69, 9.17) is 0 Å². The summed E-state index contributed by atoms with van der Waals surface area (Å²) in [5, 5.41) is 7.82. The molecule has 0 aliphatic carbocycles. The second-order valence-corrected chi connectivity index (χ2v) is 5.85. The average molecular weight is 348 g/mol. The number of nitrogens with zero attached hydrogens (tertiary/aromatic N) is 2. The summed E-state index contributed by atoms with van der Waals surface area (Å²) in [6.07, 6.45) is 3.65. The molecule has 0 saturated heterocycles. The van der Waals surface area contributed by atoms with Crippen molar-refractivity contribution in [2.24, 2.45) is 5.10 Å². The number of rotatable bonds is 5. The molecule has 2 amide bonds. The molecule has 2 N–H and O–H groups in total. The van der Waals surface area contributed by atoms with Gasteiger partial charge in [-0.1, -0.05) is 24.3 Å². The molecule has 26 heavy (non-hydrogen) atoms. The number of nitrogens with one attached hydrogen (secondary N) is 2. The molecule has 0 bridgehead atoms. The lowest BCUT2D eigenvalue weighted by molar-refractivity contribution is -0.114. The van der Waals surface area contributed by atoms with Gasteiger partial charge in [0.25, 0.3) is 5.91 Å². The van der Waals surface area contributed by atoms with Gasteiger partial charge in [0.05, 0.1) is 6.21 Å². The predicted octanol–water partition coefficient (Wildman–Crippen LogP) is 3.38. The van der Waals surface area contributed by atoms with Gasteiger partial charge in [-0.15, -0.1) is 0 Å². The van der Waals surface area contributed by atoms with Crippen LogP contribution in [-0.2, 0) is 11.3 Å². The summed E-state index contributed by atoms with van der Waals surface area (Å²) in [4.78, 5) is 23.4. The monoisotopic (exact) mass is 348 g/mol. The molecule has 1 heterocycles. The van der Waals surface area contributed by atoms with Crippen molar-refractivity contribution in [3.8, 4) is 0 Å². The molecule has 132 valence electrons. The van der Waals surface area contributed by atoms with Crippen LogP contribution >= 0.6 is 0 Å². The van der Waals surface area contributed by atoms with Crippen molar-refractivity contribution in [2.75, 3.05) is 5.32 Å². The largest absolute Gasteiger partial charge is 0.347 e. The number of amides is 2. The van der Waals surface area contributed by atoms with E-state index in [2.05, 4.69) is 33.4 Å². The van der Waals surface area contributed by atoms with Crippen LogP contribution < -0.4 is 10.7 Å². The summed E-state index contributed by atoms with van der Waals surface area (Å²) in [6.45, 7) is 4.36. The molecule has 0 fully saturated rings. The first-order valence-corrected chi connectivity index (χ1v) is 8.37. The van der Waals surface area contributed by atoms with Gasteiger partial charge >= 0.3 is 0 Å². The van der Waals surface area contributed by atoms with Gasteiger partial charge in [-0.2, -0.15) is 5.10 Å². The third-order valence-electron chi connectivity index (χ3n) is 3.97. The Balaban J connectivity index is 1.75. The Morgan fingerprint density at radius 3 is 2.73 bits per heavy atom. The van der Waals surface area contributed by atoms with E-state index in [1.165, 1.54) is 6.92 Å². The number of para-hydroxylation sites is 1. The fraction of sp³-hybridized carbons (Fsp3) is 0.150. The summed E-state index contributed by atoms with van der Waals surface area (Å²) >= 11 is 0. The van der Waals surface area contributed by atoms with Crippen molar-refractivity contribution in [1.29, 1.82) is 0 Å². The molecule has 0 atom stereocenters. The zero-order valence-electron chi connectivity index (χ0n) is 14.7. The maximum atomic E-state index is 12.3. The summed E-state index contributed by atoms with van der Waals surface area (Å²) in [5.41, 5.74) is 5.59. The van der Waals surface area contributed by atoms with Crippen molar-refractivity contribution in [3.05, 3.63) is 65.9 Å². The Morgan fingerprint density at radius 1 is 1.15 bits per heavy atom. The minimum atomic E-state index is -0.340. The minimum absolute atomic E-state index is 0.187. The number of benzene rings is 2. The van der Waals surface area contributed by atoms with Crippen LogP contribution in [0.15, 0.2) is 59.8 Å². The zero-order valence-corrected chi connectivity index (χ0v) is 14.7. The molecule has 3 aromatic rings. The van der Waals surface area contributed by atoms with Gasteiger partial charge in [0.1, 0.15) is 0 Å². The van der Waals surface area contributed by atoms with Crippen LogP contribution in [0.1, 0.15) is 29.8 Å². The van der Waals surface area contributed by atoms with Gasteiger partial charge < -0.3 is 9.88 Å². The zero-order chi connectivity index (χ0) is 18.5. The number of aryl methyl sites for hydroxylation is 1. The normalized spacial score (nSPS) is 11.0. The Morgan fingerprint density at radius 2 is 1.96 bits per heavy atom. The van der Waals surface area contributed by atoms with Crippen LogP contribution in [0.25, 0.3) is 10.9 Å². The summed E-state index contributed by atoms with van der Waals surface area (Å²) in [6, 6.07) is 14.8. The van der Waals surface area contributed by atoms with Crippen molar-refractivity contribution in [2.45, 2.75) is 20.4 Å². The Bertz CT molecular complexity index is 988. The van der Waals surface area contributed by atoms with E-state index < -0.39 is 0 Å². The van der Waals surface area contributed by atoms with Gasteiger partial charge in [0.15, 0.2) is 0 Å². The predicted molar refractivity (Wildman–Crippen MR) is 103 cm³/mol. The lowest BCUT2D eigenvalue weighted by Crippen LogP contribution is -2.18. The van der Waals surface area contributed by atoms with Crippen molar-refractivity contribution in [1.82, 2.24) is 9.99 Å². The first-order chi connectivity index (χ1) is 12.6. The van der Waals surface area contributed by atoms with Gasteiger partial charge in [0, 0.05) is 47.4 Å². The van der Waals surface area contributed by atoms with E-state index in [1.54, 1.807) is 30.5 Å². The van der Waals surface area contributed by atoms with Gasteiger partial charge in [-0.25, -0.2) is 5.43 Å². The molecule has 6 nitrogen and oxygen atoms in total. The lowest BCUT2D eigenvalue weighted by atomic mass is 10.2. The van der Waals surface area contributed by atoms with Crippen molar-refractivity contribution >= 4 is 34.6 Å². The topological polar surface area (TPSA) is 75.5 Å². The maximum absolute atomic E-state index is 12.3. The van der Waals surface area contributed by atoms with E-state index in [0.29, 0.717) is 11.3 Å². The second kappa shape index (κ2) is 7.65. The van der Waals surface area contributed by atoms with E-state index in [0.717, 1.165) is 23.0 Å². The van der Waals surface area contributed by atoms with Crippen LogP contribution in [-0.4, -0.2) is 22.6 Å². The minimum Gasteiger partial charge on any atom is -0.347 e. The number of aromatic nitrogens is 1. The molecular formula is C20H20N4O2. The summed E-state index contributed by atoms with van der Waals surface area (Å²) < 4.78 is 2.13. The standard InChI is InChI=1S/C20H20N4O2/c1-3-24-13-16(18-9-4-5-10-19(18)24)12-21-23-20(26)15-7-6-8-17(11-15)22-14(2)25/h4-13H,3H2,1-2H3,(H,22,25)(H,23,26)/b21-12-. The highest BCUT2D eigenvalue weighted by Crippen LogP contribution is 2.19. The van der Waals surface area contributed by atoms with E-state index in [1.807, 2.05) is 24.4 Å². The van der Waals surface area contributed by atoms with Crippen LogP contribution in [0.4, 0.5) is 5.69 Å². The van der Waals surface area contributed by atoms with E-state index >= 15 is 0 Å². The van der Waals surface area contributed by atoms with E-state index in [9.17, 15) is 9.59 Å². The number of carbonyl (C=O) groups excluding carboxylic acids is 2. The van der Waals surface area contributed by atoms with Gasteiger partial charge in [0.2, 0.25) is 5.91 Å². The molecule has 1 aromatic heterocycles. The molecule has 6 heteroatoms. The summed E-state index contributed by atoms with van der Waals surface area (Å²) in [5.74, 6) is -0.527. The fourth-order valence-electron chi connectivity index (χ4n) is 2.81. The molecule has 0 aliphatic heterocycles. The quantitative estimate of drug-likeness (QED) is 0.548. The molecule has 2 aromatic carbocycles. The number of hydrogen-bond donors (Lipinski definition) is 2. The Kier molecular flexibility index (Phi) is 5.12. The van der Waals surface area contributed by atoms with Gasteiger partial charge in [-0.05, 0) is 31.2 Å². The Hall–Kier alpha value is -3.41. The highest BCUT2D eigenvalue weighted by molar-refractivity contribution is 6.01. The van der Waals surface area contributed by atoms with Crippen molar-refractivity contribution < 1.29 is 9.59 Å². The third-order valence-corrected chi connectivity index (χ3v) is 3.97. The molecule has 0 saturated carbocycles.